The summed E-state index contributed by atoms with van der Waals surface area (Å²) in [5.41, 5.74) is 1.13. The number of hydrogen-bond acceptors (Lipinski definition) is 3. The first-order valence-corrected chi connectivity index (χ1v) is 9.94. The minimum absolute atomic E-state index is 0.0124. The summed E-state index contributed by atoms with van der Waals surface area (Å²) in [5.74, 6) is -0.121. The van der Waals surface area contributed by atoms with Gasteiger partial charge in [0.05, 0.1) is 24.2 Å². The second-order valence-corrected chi connectivity index (χ2v) is 7.49. The average molecular weight is 402 g/mol. The van der Waals surface area contributed by atoms with E-state index in [2.05, 4.69) is 18.2 Å². The van der Waals surface area contributed by atoms with Crippen molar-refractivity contribution >= 4 is 0 Å². The molecule has 2 aromatic carbocycles. The molecule has 0 radical (unpaired) electrons. The van der Waals surface area contributed by atoms with Crippen molar-refractivity contribution in [3.8, 4) is 11.8 Å². The summed E-state index contributed by atoms with van der Waals surface area (Å²) >= 11 is 0. The molecule has 2 aromatic rings. The largest absolute Gasteiger partial charge is 0.493 e. The van der Waals surface area contributed by atoms with Gasteiger partial charge in [0.1, 0.15) is 5.75 Å². The van der Waals surface area contributed by atoms with E-state index in [1.54, 1.807) is 6.07 Å². The maximum Gasteiger partial charge on any atom is 0.419 e. The summed E-state index contributed by atoms with van der Waals surface area (Å²) in [4.78, 5) is 1.97. The van der Waals surface area contributed by atoms with Crippen LogP contribution in [0.5, 0.6) is 5.75 Å². The molecule has 6 heteroatoms. The number of alkyl halides is 3. The summed E-state index contributed by atoms with van der Waals surface area (Å²) in [7, 11) is 0. The molecule has 0 bridgehead atoms. The van der Waals surface area contributed by atoms with Crippen molar-refractivity contribution in [1.82, 2.24) is 4.90 Å². The molecule has 0 spiro atoms. The van der Waals surface area contributed by atoms with Crippen LogP contribution in [0.2, 0.25) is 0 Å². The molecule has 0 aromatic heterocycles. The third-order valence-electron chi connectivity index (χ3n) is 5.11. The van der Waals surface area contributed by atoms with Crippen molar-refractivity contribution in [3.63, 3.8) is 0 Å². The SMILES string of the molecule is N#CC1CN(Cc2ccc(OCCCCCc3ccccc3)c(C(F)(F)F)c2)C1. The molecule has 154 valence electrons. The lowest BCUT2D eigenvalue weighted by Gasteiger charge is -2.35. The number of nitrogens with zero attached hydrogens (tertiary/aromatic N) is 2. The highest BCUT2D eigenvalue weighted by molar-refractivity contribution is 5.39. The van der Waals surface area contributed by atoms with Gasteiger partial charge < -0.3 is 4.74 Å². The van der Waals surface area contributed by atoms with Crippen molar-refractivity contribution in [2.45, 2.75) is 38.4 Å². The van der Waals surface area contributed by atoms with Crippen LogP contribution in [0.3, 0.4) is 0 Å². The van der Waals surface area contributed by atoms with E-state index in [1.807, 2.05) is 23.1 Å². The predicted molar refractivity (Wildman–Crippen MR) is 105 cm³/mol. The predicted octanol–water partition coefficient (Wildman–Crippen LogP) is 5.45. The van der Waals surface area contributed by atoms with E-state index < -0.39 is 11.7 Å². The van der Waals surface area contributed by atoms with E-state index in [1.165, 1.54) is 17.7 Å². The van der Waals surface area contributed by atoms with Gasteiger partial charge in [0.2, 0.25) is 0 Å². The first-order valence-electron chi connectivity index (χ1n) is 9.94. The van der Waals surface area contributed by atoms with Gasteiger partial charge in [-0.2, -0.15) is 18.4 Å². The molecule has 1 saturated heterocycles. The molecule has 1 heterocycles. The Morgan fingerprint density at radius 2 is 1.76 bits per heavy atom. The van der Waals surface area contributed by atoms with Crippen molar-refractivity contribution in [2.24, 2.45) is 5.92 Å². The van der Waals surface area contributed by atoms with Gasteiger partial charge in [-0.3, -0.25) is 4.90 Å². The molecule has 0 saturated carbocycles. The van der Waals surface area contributed by atoms with Gasteiger partial charge >= 0.3 is 6.18 Å². The van der Waals surface area contributed by atoms with Gasteiger partial charge in [0, 0.05) is 19.6 Å². The Labute approximate surface area is 169 Å². The fourth-order valence-corrected chi connectivity index (χ4v) is 3.50. The summed E-state index contributed by atoms with van der Waals surface area (Å²) < 4.78 is 45.9. The first-order chi connectivity index (χ1) is 14.0. The van der Waals surface area contributed by atoms with E-state index in [9.17, 15) is 13.2 Å². The molecule has 3 nitrogen and oxygen atoms in total. The van der Waals surface area contributed by atoms with Crippen LogP contribution in [-0.2, 0) is 19.1 Å². The lowest BCUT2D eigenvalue weighted by molar-refractivity contribution is -0.139. The van der Waals surface area contributed by atoms with Gasteiger partial charge in [-0.1, -0.05) is 36.4 Å². The van der Waals surface area contributed by atoms with Crippen LogP contribution in [0.25, 0.3) is 0 Å². The Morgan fingerprint density at radius 1 is 1.00 bits per heavy atom. The maximum atomic E-state index is 13.5. The molecule has 0 amide bonds. The smallest absolute Gasteiger partial charge is 0.419 e. The van der Waals surface area contributed by atoms with E-state index in [4.69, 9.17) is 10.00 Å². The zero-order valence-electron chi connectivity index (χ0n) is 16.3. The highest BCUT2D eigenvalue weighted by Gasteiger charge is 2.35. The van der Waals surface area contributed by atoms with Crippen LogP contribution in [-0.4, -0.2) is 24.6 Å². The lowest BCUT2D eigenvalue weighted by Crippen LogP contribution is -2.45. The minimum atomic E-state index is -4.46. The fraction of sp³-hybridized carbons (Fsp3) is 0.435. The number of rotatable bonds is 9. The number of ether oxygens (including phenoxy) is 1. The lowest BCUT2D eigenvalue weighted by atomic mass is 10.0. The van der Waals surface area contributed by atoms with Crippen molar-refractivity contribution in [3.05, 3.63) is 65.2 Å². The third-order valence-corrected chi connectivity index (χ3v) is 5.11. The Hall–Kier alpha value is -2.52. The molecule has 0 unspecified atom stereocenters. The Kier molecular flexibility index (Phi) is 7.16. The fourth-order valence-electron chi connectivity index (χ4n) is 3.50. The van der Waals surface area contributed by atoms with Crippen LogP contribution in [0.15, 0.2) is 48.5 Å². The number of halogens is 3. The van der Waals surface area contributed by atoms with Crippen molar-refractivity contribution < 1.29 is 17.9 Å². The molecular weight excluding hydrogens is 377 g/mol. The Bertz CT molecular complexity index is 824. The van der Waals surface area contributed by atoms with Crippen molar-refractivity contribution in [1.29, 1.82) is 5.26 Å². The Morgan fingerprint density at radius 3 is 2.45 bits per heavy atom. The van der Waals surface area contributed by atoms with Crippen LogP contribution in [0.4, 0.5) is 13.2 Å². The quantitative estimate of drug-likeness (QED) is 0.523. The van der Waals surface area contributed by atoms with Gasteiger partial charge in [-0.15, -0.1) is 0 Å². The van der Waals surface area contributed by atoms with Crippen LogP contribution in [0, 0.1) is 17.2 Å². The molecule has 0 N–H and O–H groups in total. The zero-order valence-corrected chi connectivity index (χ0v) is 16.3. The van der Waals surface area contributed by atoms with E-state index >= 15 is 0 Å². The number of likely N-dealkylation sites (tertiary alicyclic amines) is 1. The van der Waals surface area contributed by atoms with Gasteiger partial charge in [-0.25, -0.2) is 0 Å². The highest BCUT2D eigenvalue weighted by atomic mass is 19.4. The van der Waals surface area contributed by atoms with Crippen LogP contribution < -0.4 is 4.74 Å². The molecular formula is C23H25F3N2O. The number of hydrogen-bond donors (Lipinski definition) is 0. The third kappa shape index (κ3) is 6.23. The first kappa shape index (κ1) is 21.2. The van der Waals surface area contributed by atoms with E-state index in [0.29, 0.717) is 25.2 Å². The number of nitriles is 1. The summed E-state index contributed by atoms with van der Waals surface area (Å²) in [6, 6.07) is 16.6. The van der Waals surface area contributed by atoms with Gasteiger partial charge in [-0.05, 0) is 48.9 Å². The van der Waals surface area contributed by atoms with Crippen LogP contribution >= 0.6 is 0 Å². The average Bonchev–Trinajstić information content (AvgIpc) is 2.67. The zero-order chi connectivity index (χ0) is 20.7. The van der Waals surface area contributed by atoms with E-state index in [-0.39, 0.29) is 18.3 Å². The van der Waals surface area contributed by atoms with E-state index in [0.717, 1.165) is 25.7 Å². The molecule has 29 heavy (non-hydrogen) atoms. The maximum absolute atomic E-state index is 13.5. The standard InChI is InChI=1S/C23H25F3N2O/c24-23(25,26)21-13-19(15-28-16-20(14-27)17-28)10-11-22(21)29-12-6-2-5-9-18-7-3-1-4-8-18/h1,3-4,7-8,10-11,13,20H,2,5-6,9,12,15-17H2. The van der Waals surface area contributed by atoms with Crippen LogP contribution in [0.1, 0.15) is 36.0 Å². The molecule has 1 fully saturated rings. The normalized spacial score (nSPS) is 15.0. The number of unbranched alkanes of at least 4 members (excludes halogenated alkanes) is 2. The molecule has 0 aliphatic carbocycles. The topological polar surface area (TPSA) is 36.3 Å². The molecule has 0 atom stereocenters. The number of aryl methyl sites for hydroxylation is 1. The van der Waals surface area contributed by atoms with Gasteiger partial charge in [0.25, 0.3) is 0 Å². The number of benzene rings is 2. The Balaban J connectivity index is 1.48. The second kappa shape index (κ2) is 9.80. The van der Waals surface area contributed by atoms with Crippen molar-refractivity contribution in [2.75, 3.05) is 19.7 Å². The molecule has 3 rings (SSSR count). The monoisotopic (exact) mass is 402 g/mol. The molecule has 1 aliphatic rings. The summed E-state index contributed by atoms with van der Waals surface area (Å²) in [6.45, 7) is 1.91. The highest BCUT2D eigenvalue weighted by Crippen LogP contribution is 2.37. The van der Waals surface area contributed by atoms with Gasteiger partial charge in [0.15, 0.2) is 0 Å². The second-order valence-electron chi connectivity index (χ2n) is 7.49. The molecule has 1 aliphatic heterocycles. The minimum Gasteiger partial charge on any atom is -0.493 e. The summed E-state index contributed by atoms with van der Waals surface area (Å²) in [6.07, 6.45) is -0.883. The summed E-state index contributed by atoms with van der Waals surface area (Å²) in [5, 5.41) is 8.81.